The van der Waals surface area contributed by atoms with Crippen molar-refractivity contribution in [2.24, 2.45) is 0 Å². The summed E-state index contributed by atoms with van der Waals surface area (Å²) in [5, 5.41) is 9.11. The third-order valence-electron chi connectivity index (χ3n) is 2.87. The van der Waals surface area contributed by atoms with E-state index in [-0.39, 0.29) is 10.7 Å². The monoisotopic (exact) mass is 265 g/mol. The number of nitriles is 1. The highest BCUT2D eigenvalue weighted by molar-refractivity contribution is 6.32. The van der Waals surface area contributed by atoms with Gasteiger partial charge in [-0.15, -0.1) is 0 Å². The summed E-state index contributed by atoms with van der Waals surface area (Å²) in [5.41, 5.74) is 0.439. The van der Waals surface area contributed by atoms with Gasteiger partial charge in [0.1, 0.15) is 17.5 Å². The Labute approximate surface area is 110 Å². The molecule has 0 aliphatic carbocycles. The molecular formula is C12H12ClN3O2. The zero-order chi connectivity index (χ0) is 13.1. The summed E-state index contributed by atoms with van der Waals surface area (Å²) in [6.07, 6.45) is 2.10. The molecule has 0 unspecified atom stereocenters. The van der Waals surface area contributed by atoms with E-state index in [4.69, 9.17) is 21.6 Å². The van der Waals surface area contributed by atoms with Crippen molar-refractivity contribution in [3.63, 3.8) is 0 Å². The molecule has 0 saturated carbocycles. The Kier molecular flexibility index (Phi) is 3.68. The van der Waals surface area contributed by atoms with Gasteiger partial charge in [-0.25, -0.2) is 9.78 Å². The summed E-state index contributed by atoms with van der Waals surface area (Å²) in [7, 11) is 1.31. The minimum absolute atomic E-state index is 0.131. The summed E-state index contributed by atoms with van der Waals surface area (Å²) >= 11 is 5.90. The van der Waals surface area contributed by atoms with E-state index in [0.717, 1.165) is 25.9 Å². The van der Waals surface area contributed by atoms with Crippen LogP contribution in [-0.4, -0.2) is 31.2 Å². The Morgan fingerprint density at radius 1 is 1.56 bits per heavy atom. The number of aromatic nitrogens is 1. The molecule has 94 valence electrons. The highest BCUT2D eigenvalue weighted by atomic mass is 35.5. The fourth-order valence-electron chi connectivity index (χ4n) is 1.99. The Bertz CT molecular complexity index is 519. The van der Waals surface area contributed by atoms with E-state index < -0.39 is 5.97 Å². The second kappa shape index (κ2) is 5.23. The number of methoxy groups -OCH3 is 1. The van der Waals surface area contributed by atoms with Crippen LogP contribution in [0.25, 0.3) is 0 Å². The van der Waals surface area contributed by atoms with Gasteiger partial charge in [-0.05, 0) is 18.9 Å². The highest BCUT2D eigenvalue weighted by Crippen LogP contribution is 2.27. The maximum atomic E-state index is 11.7. The van der Waals surface area contributed by atoms with Crippen LogP contribution >= 0.6 is 11.6 Å². The lowest BCUT2D eigenvalue weighted by Crippen LogP contribution is -2.23. The number of rotatable bonds is 2. The number of halogens is 1. The zero-order valence-electron chi connectivity index (χ0n) is 9.94. The average molecular weight is 266 g/mol. The van der Waals surface area contributed by atoms with Gasteiger partial charge in [0.05, 0.1) is 12.1 Å². The van der Waals surface area contributed by atoms with Gasteiger partial charge in [0.15, 0.2) is 5.69 Å². The summed E-state index contributed by atoms with van der Waals surface area (Å²) in [6, 6.07) is 3.37. The van der Waals surface area contributed by atoms with Gasteiger partial charge < -0.3 is 9.64 Å². The van der Waals surface area contributed by atoms with Crippen molar-refractivity contribution < 1.29 is 9.53 Å². The van der Waals surface area contributed by atoms with E-state index in [1.165, 1.54) is 13.2 Å². The quantitative estimate of drug-likeness (QED) is 0.765. The average Bonchev–Trinajstić information content (AvgIpc) is 2.91. The van der Waals surface area contributed by atoms with Crippen molar-refractivity contribution in [2.75, 3.05) is 25.1 Å². The first-order valence-electron chi connectivity index (χ1n) is 5.61. The molecule has 1 aromatic rings. The molecule has 0 spiro atoms. The smallest absolute Gasteiger partial charge is 0.341 e. The second-order valence-electron chi connectivity index (χ2n) is 3.99. The first kappa shape index (κ1) is 12.7. The van der Waals surface area contributed by atoms with Crippen molar-refractivity contribution in [3.8, 4) is 6.07 Å². The molecule has 1 aliphatic rings. The summed E-state index contributed by atoms with van der Waals surface area (Å²) in [4.78, 5) is 17.9. The third-order valence-corrected chi connectivity index (χ3v) is 3.16. The molecule has 5 nitrogen and oxygen atoms in total. The van der Waals surface area contributed by atoms with E-state index in [1.54, 1.807) is 0 Å². The SMILES string of the molecule is COC(=O)c1cc(Cl)c(C#N)nc1N1CCCC1. The standard InChI is InChI=1S/C12H12ClN3O2/c1-18-12(17)8-6-9(13)10(7-14)15-11(8)16-4-2-3-5-16/h6H,2-5H2,1H3. The minimum atomic E-state index is -0.490. The lowest BCUT2D eigenvalue weighted by atomic mass is 10.2. The summed E-state index contributed by atoms with van der Waals surface area (Å²) in [5.74, 6) is -0.00362. The van der Waals surface area contributed by atoms with E-state index in [0.29, 0.717) is 11.4 Å². The lowest BCUT2D eigenvalue weighted by Gasteiger charge is -2.19. The summed E-state index contributed by atoms with van der Waals surface area (Å²) in [6.45, 7) is 1.65. The molecule has 1 fully saturated rings. The lowest BCUT2D eigenvalue weighted by molar-refractivity contribution is 0.0601. The van der Waals surface area contributed by atoms with Crippen LogP contribution in [0.1, 0.15) is 28.9 Å². The number of anilines is 1. The van der Waals surface area contributed by atoms with Crippen LogP contribution in [0.3, 0.4) is 0 Å². The molecule has 2 heterocycles. The van der Waals surface area contributed by atoms with Crippen LogP contribution in [0.4, 0.5) is 5.82 Å². The number of nitrogens with zero attached hydrogens (tertiary/aromatic N) is 3. The van der Waals surface area contributed by atoms with Crippen LogP contribution in [0, 0.1) is 11.3 Å². The largest absolute Gasteiger partial charge is 0.465 e. The fraction of sp³-hybridized carbons (Fsp3) is 0.417. The van der Waals surface area contributed by atoms with E-state index >= 15 is 0 Å². The molecule has 6 heteroatoms. The third kappa shape index (κ3) is 2.24. The molecule has 0 aromatic carbocycles. The second-order valence-corrected chi connectivity index (χ2v) is 4.39. The normalized spacial score (nSPS) is 14.4. The summed E-state index contributed by atoms with van der Waals surface area (Å²) < 4.78 is 4.72. The van der Waals surface area contributed by atoms with Crippen LogP contribution in [0.2, 0.25) is 5.02 Å². The van der Waals surface area contributed by atoms with Gasteiger partial charge in [-0.3, -0.25) is 0 Å². The van der Waals surface area contributed by atoms with Gasteiger partial charge in [0.25, 0.3) is 0 Å². The molecule has 0 bridgehead atoms. The van der Waals surface area contributed by atoms with Crippen LogP contribution in [-0.2, 0) is 4.74 Å². The fourth-order valence-corrected chi connectivity index (χ4v) is 2.18. The van der Waals surface area contributed by atoms with Crippen molar-refractivity contribution in [1.82, 2.24) is 4.98 Å². The van der Waals surface area contributed by atoms with E-state index in [9.17, 15) is 4.79 Å². The number of carbonyl (C=O) groups is 1. The number of carbonyl (C=O) groups excluding carboxylic acids is 1. The predicted octanol–water partition coefficient (Wildman–Crippen LogP) is 1.99. The highest BCUT2D eigenvalue weighted by Gasteiger charge is 2.23. The van der Waals surface area contributed by atoms with Gasteiger partial charge in [0.2, 0.25) is 0 Å². The van der Waals surface area contributed by atoms with Crippen molar-refractivity contribution >= 4 is 23.4 Å². The van der Waals surface area contributed by atoms with Crippen LogP contribution in [0.5, 0.6) is 0 Å². The minimum Gasteiger partial charge on any atom is -0.465 e. The van der Waals surface area contributed by atoms with Gasteiger partial charge >= 0.3 is 5.97 Å². The Morgan fingerprint density at radius 2 is 2.22 bits per heavy atom. The van der Waals surface area contributed by atoms with Crippen molar-refractivity contribution in [1.29, 1.82) is 5.26 Å². The molecule has 0 atom stereocenters. The number of ether oxygens (including phenoxy) is 1. The van der Waals surface area contributed by atoms with Gasteiger partial charge in [-0.2, -0.15) is 5.26 Å². The maximum absolute atomic E-state index is 11.7. The molecule has 1 saturated heterocycles. The molecule has 0 amide bonds. The molecule has 18 heavy (non-hydrogen) atoms. The number of esters is 1. The molecular weight excluding hydrogens is 254 g/mol. The van der Waals surface area contributed by atoms with Crippen molar-refractivity contribution in [2.45, 2.75) is 12.8 Å². The van der Waals surface area contributed by atoms with Crippen LogP contribution < -0.4 is 4.90 Å². The van der Waals surface area contributed by atoms with Crippen molar-refractivity contribution in [3.05, 3.63) is 22.3 Å². The zero-order valence-corrected chi connectivity index (χ0v) is 10.7. The van der Waals surface area contributed by atoms with Crippen LogP contribution in [0.15, 0.2) is 6.07 Å². The maximum Gasteiger partial charge on any atom is 0.341 e. The molecule has 0 radical (unpaired) electrons. The first-order valence-corrected chi connectivity index (χ1v) is 5.99. The van der Waals surface area contributed by atoms with E-state index in [1.807, 2.05) is 11.0 Å². The molecule has 1 aliphatic heterocycles. The Balaban J connectivity index is 2.52. The number of hydrogen-bond donors (Lipinski definition) is 0. The molecule has 2 rings (SSSR count). The number of hydrogen-bond acceptors (Lipinski definition) is 5. The first-order chi connectivity index (χ1) is 8.67. The predicted molar refractivity (Wildman–Crippen MR) is 66.7 cm³/mol. The number of pyridine rings is 1. The van der Waals surface area contributed by atoms with Gasteiger partial charge in [0, 0.05) is 13.1 Å². The Morgan fingerprint density at radius 3 is 2.78 bits per heavy atom. The Hall–Kier alpha value is -1.80. The molecule has 1 aromatic heterocycles. The topological polar surface area (TPSA) is 66.2 Å². The van der Waals surface area contributed by atoms with Gasteiger partial charge in [-0.1, -0.05) is 11.6 Å². The molecule has 0 N–H and O–H groups in total. The van der Waals surface area contributed by atoms with E-state index in [2.05, 4.69) is 4.98 Å².